The number of hydrogen-bond donors (Lipinski definition) is 3. The number of rotatable bonds is 5. The zero-order valence-electron chi connectivity index (χ0n) is 13.6. The second-order valence-corrected chi connectivity index (χ2v) is 5.67. The first-order valence-corrected chi connectivity index (χ1v) is 7.77. The Hall–Kier alpha value is -3.13. The number of nitrogens with one attached hydrogen (secondary N) is 2. The molecule has 26 heavy (non-hydrogen) atoms. The Kier molecular flexibility index (Phi) is 6.13. The number of amides is 3. The number of primary amides is 1. The van der Waals surface area contributed by atoms with E-state index < -0.39 is 29.8 Å². The Balaban J connectivity index is 2.01. The third-order valence-electron chi connectivity index (χ3n) is 3.21. The fourth-order valence-corrected chi connectivity index (χ4v) is 2.13. The summed E-state index contributed by atoms with van der Waals surface area (Å²) in [5.41, 5.74) is 5.32. The lowest BCUT2D eigenvalue weighted by atomic mass is 10.2. The maximum Gasteiger partial charge on any atom is 0.338 e. The van der Waals surface area contributed by atoms with Crippen molar-refractivity contribution in [3.05, 3.63) is 58.9 Å². The molecule has 0 saturated carbocycles. The number of urea groups is 1. The average molecular weight is 380 g/mol. The third kappa shape index (κ3) is 5.18. The van der Waals surface area contributed by atoms with E-state index in [0.717, 1.165) is 6.07 Å². The molecule has 0 heterocycles. The second kappa shape index (κ2) is 8.30. The molecular formula is C17H15ClFN3O4. The van der Waals surface area contributed by atoms with Gasteiger partial charge in [0.1, 0.15) is 5.82 Å². The molecule has 9 heteroatoms. The topological polar surface area (TPSA) is 111 Å². The second-order valence-electron chi connectivity index (χ2n) is 5.23. The van der Waals surface area contributed by atoms with Gasteiger partial charge in [-0.1, -0.05) is 17.7 Å². The highest BCUT2D eigenvalue weighted by molar-refractivity contribution is 6.30. The van der Waals surface area contributed by atoms with Crippen LogP contribution >= 0.6 is 11.6 Å². The van der Waals surface area contributed by atoms with Crippen LogP contribution in [-0.4, -0.2) is 24.0 Å². The predicted octanol–water partition coefficient (Wildman–Crippen LogP) is 3.15. The molecule has 3 amide bonds. The quantitative estimate of drug-likeness (QED) is 0.693. The van der Waals surface area contributed by atoms with Crippen molar-refractivity contribution < 1.29 is 23.5 Å². The Morgan fingerprint density at radius 2 is 1.88 bits per heavy atom. The van der Waals surface area contributed by atoms with E-state index in [-0.39, 0.29) is 16.3 Å². The highest BCUT2D eigenvalue weighted by Gasteiger charge is 2.20. The average Bonchev–Trinajstić information content (AvgIpc) is 2.56. The number of benzene rings is 2. The van der Waals surface area contributed by atoms with Crippen molar-refractivity contribution in [3.8, 4) is 0 Å². The molecule has 1 atom stereocenters. The molecule has 0 saturated heterocycles. The van der Waals surface area contributed by atoms with Crippen LogP contribution in [-0.2, 0) is 9.53 Å². The minimum atomic E-state index is -1.19. The normalized spacial score (nSPS) is 11.3. The molecule has 0 unspecified atom stereocenters. The fraction of sp³-hybridized carbons (Fsp3) is 0.118. The standard InChI is InChI=1S/C17H15ClFN3O4/c1-9(15(23)22-14-6-5-11(18)8-13(14)19)26-16(24)10-3-2-4-12(7-10)21-17(20)25/h2-9H,1H3,(H,22,23)(H3,20,21,25)/t9-/m0/s1. The van der Waals surface area contributed by atoms with Crippen LogP contribution in [0.3, 0.4) is 0 Å². The van der Waals surface area contributed by atoms with Gasteiger partial charge in [0.15, 0.2) is 6.10 Å². The van der Waals surface area contributed by atoms with Crippen molar-refractivity contribution in [2.24, 2.45) is 5.73 Å². The van der Waals surface area contributed by atoms with Gasteiger partial charge in [0.05, 0.1) is 11.3 Å². The van der Waals surface area contributed by atoms with E-state index in [9.17, 15) is 18.8 Å². The molecule has 136 valence electrons. The molecule has 7 nitrogen and oxygen atoms in total. The number of esters is 1. The molecule has 0 fully saturated rings. The SMILES string of the molecule is C[C@H](OC(=O)c1cccc(NC(N)=O)c1)C(=O)Nc1ccc(Cl)cc1F. The molecule has 0 aliphatic carbocycles. The van der Waals surface area contributed by atoms with Crippen molar-refractivity contribution in [2.45, 2.75) is 13.0 Å². The summed E-state index contributed by atoms with van der Waals surface area (Å²) in [7, 11) is 0. The molecule has 2 aromatic carbocycles. The highest BCUT2D eigenvalue weighted by Crippen LogP contribution is 2.19. The molecule has 0 aromatic heterocycles. The Morgan fingerprint density at radius 3 is 2.54 bits per heavy atom. The summed E-state index contributed by atoms with van der Waals surface area (Å²) < 4.78 is 18.7. The van der Waals surface area contributed by atoms with Crippen LogP contribution in [0.2, 0.25) is 5.02 Å². The summed E-state index contributed by atoms with van der Waals surface area (Å²) in [6.45, 7) is 1.34. The maximum absolute atomic E-state index is 13.7. The molecule has 2 rings (SSSR count). The van der Waals surface area contributed by atoms with Gasteiger partial charge in [0.2, 0.25) is 0 Å². The van der Waals surface area contributed by atoms with E-state index >= 15 is 0 Å². The lowest BCUT2D eigenvalue weighted by Crippen LogP contribution is -2.30. The zero-order chi connectivity index (χ0) is 19.3. The minimum Gasteiger partial charge on any atom is -0.449 e. The molecule has 0 bridgehead atoms. The highest BCUT2D eigenvalue weighted by atomic mass is 35.5. The zero-order valence-corrected chi connectivity index (χ0v) is 14.3. The summed E-state index contributed by atoms with van der Waals surface area (Å²) in [5.74, 6) is -2.22. The van der Waals surface area contributed by atoms with Crippen molar-refractivity contribution in [1.29, 1.82) is 0 Å². The molecule has 0 aliphatic heterocycles. The summed E-state index contributed by atoms with van der Waals surface area (Å²) in [4.78, 5) is 35.0. The van der Waals surface area contributed by atoms with E-state index in [1.807, 2.05) is 0 Å². The van der Waals surface area contributed by atoms with E-state index in [4.69, 9.17) is 22.1 Å². The summed E-state index contributed by atoms with van der Waals surface area (Å²) >= 11 is 5.64. The number of nitrogens with two attached hydrogens (primary N) is 1. The third-order valence-corrected chi connectivity index (χ3v) is 3.44. The van der Waals surface area contributed by atoms with E-state index in [1.54, 1.807) is 0 Å². The van der Waals surface area contributed by atoms with Gasteiger partial charge in [0.25, 0.3) is 5.91 Å². The van der Waals surface area contributed by atoms with E-state index in [1.165, 1.54) is 43.3 Å². The monoisotopic (exact) mass is 379 g/mol. The van der Waals surface area contributed by atoms with E-state index in [0.29, 0.717) is 5.69 Å². The minimum absolute atomic E-state index is 0.0880. The van der Waals surface area contributed by atoms with Crippen LogP contribution in [0.5, 0.6) is 0 Å². The van der Waals surface area contributed by atoms with Crippen LogP contribution < -0.4 is 16.4 Å². The van der Waals surface area contributed by atoms with Gasteiger partial charge in [-0.2, -0.15) is 0 Å². The van der Waals surface area contributed by atoms with Crippen LogP contribution in [0.15, 0.2) is 42.5 Å². The van der Waals surface area contributed by atoms with Gasteiger partial charge >= 0.3 is 12.0 Å². The van der Waals surface area contributed by atoms with Crippen molar-refractivity contribution in [1.82, 2.24) is 0 Å². The molecule has 0 aliphatic rings. The largest absolute Gasteiger partial charge is 0.449 e. The smallest absolute Gasteiger partial charge is 0.338 e. The van der Waals surface area contributed by atoms with Crippen LogP contribution in [0.25, 0.3) is 0 Å². The molecule has 2 aromatic rings. The van der Waals surface area contributed by atoms with Crippen LogP contribution in [0.4, 0.5) is 20.6 Å². The number of halogens is 2. The molecule has 0 radical (unpaired) electrons. The van der Waals surface area contributed by atoms with Gasteiger partial charge < -0.3 is 21.1 Å². The summed E-state index contributed by atoms with van der Waals surface area (Å²) in [5, 5.41) is 4.81. The first-order chi connectivity index (χ1) is 12.3. The first kappa shape index (κ1) is 19.2. The van der Waals surface area contributed by atoms with Crippen LogP contribution in [0, 0.1) is 5.82 Å². The predicted molar refractivity (Wildman–Crippen MR) is 94.6 cm³/mol. The lowest BCUT2D eigenvalue weighted by Gasteiger charge is -2.14. The Morgan fingerprint density at radius 1 is 1.15 bits per heavy atom. The van der Waals surface area contributed by atoms with Gasteiger partial charge in [-0.25, -0.2) is 14.0 Å². The van der Waals surface area contributed by atoms with Gasteiger partial charge in [0, 0.05) is 10.7 Å². The summed E-state index contributed by atoms with van der Waals surface area (Å²) in [6, 6.07) is 8.79. The Bertz CT molecular complexity index is 860. The molecule has 4 N–H and O–H groups in total. The molecule has 0 spiro atoms. The number of ether oxygens (including phenoxy) is 1. The van der Waals surface area contributed by atoms with Crippen LogP contribution in [0.1, 0.15) is 17.3 Å². The van der Waals surface area contributed by atoms with Gasteiger partial charge in [-0.05, 0) is 43.3 Å². The fourth-order valence-electron chi connectivity index (χ4n) is 1.97. The number of carbonyl (C=O) groups is 3. The number of hydrogen-bond acceptors (Lipinski definition) is 4. The number of carbonyl (C=O) groups excluding carboxylic acids is 3. The van der Waals surface area contributed by atoms with Crippen molar-refractivity contribution >= 4 is 40.9 Å². The number of anilines is 2. The van der Waals surface area contributed by atoms with Gasteiger partial charge in [-0.3, -0.25) is 4.79 Å². The van der Waals surface area contributed by atoms with Gasteiger partial charge in [-0.15, -0.1) is 0 Å². The lowest BCUT2D eigenvalue weighted by molar-refractivity contribution is -0.123. The first-order valence-electron chi connectivity index (χ1n) is 7.39. The van der Waals surface area contributed by atoms with E-state index in [2.05, 4.69) is 10.6 Å². The maximum atomic E-state index is 13.7. The molecular weight excluding hydrogens is 365 g/mol. The van der Waals surface area contributed by atoms with Crippen molar-refractivity contribution in [2.75, 3.05) is 10.6 Å². The van der Waals surface area contributed by atoms with Crippen molar-refractivity contribution in [3.63, 3.8) is 0 Å². The Labute approximate surface area is 153 Å². The summed E-state index contributed by atoms with van der Waals surface area (Å²) in [6.07, 6.45) is -1.19.